The Labute approximate surface area is 744 Å². The van der Waals surface area contributed by atoms with Crippen LogP contribution >= 0.6 is 6.89 Å². The molecule has 0 radical (unpaired) electrons. The number of nitrogens with zero attached hydrogens (tertiary/aromatic N) is 9. The molecule has 0 unspecified atom stereocenters. The van der Waals surface area contributed by atoms with Crippen molar-refractivity contribution >= 4 is 103 Å². The van der Waals surface area contributed by atoms with Crippen molar-refractivity contribution in [2.24, 2.45) is 5.73 Å². The third kappa shape index (κ3) is 21.9. The summed E-state index contributed by atoms with van der Waals surface area (Å²) >= 11 is 0. The highest BCUT2D eigenvalue weighted by molar-refractivity contribution is 7.95. The number of aliphatic hydroxyl groups is 1. The monoisotopic (exact) mass is 1730 g/mol. The van der Waals surface area contributed by atoms with Crippen molar-refractivity contribution in [3.05, 3.63) is 304 Å². The Balaban J connectivity index is 0.000000146. The van der Waals surface area contributed by atoms with Gasteiger partial charge in [0.1, 0.15) is 93.7 Å². The SMILES string of the molecule is CCOC(=O)C=C1CCC(n2cc(-c3ccc(Oc4ccccc4)cc3)c3c(N)ncnc32)CC1.CCOC(=O)C=P(c1ccccc1)(c1ccccc1)c1ccccc1.CO.COC(=O)CC1(N)CCC(n2cc(-c3ccc(Oc4ccccc4)cc3)c3c(N)ncnc32)CC1.N.Nc1ncnc2c1c(-c1ccc(Oc3ccccc3)cc1)cn2C1CCC(=O)CC1. The summed E-state index contributed by atoms with van der Waals surface area (Å²) in [5, 5.41) is 13.0. The number of Topliss-reactive ketones (excluding diaryl/α,β-unsaturated/α-hetero) is 1. The number of ketones is 1. The minimum Gasteiger partial charge on any atom is -0.469 e. The minimum absolute atomic E-state index is 0. The van der Waals surface area contributed by atoms with E-state index in [9.17, 15) is 19.2 Å². The molecule has 0 bridgehead atoms. The van der Waals surface area contributed by atoms with Crippen molar-refractivity contribution in [1.29, 1.82) is 0 Å². The topological polar surface area (TPSA) is 375 Å². The van der Waals surface area contributed by atoms with Crippen molar-refractivity contribution in [3.63, 3.8) is 0 Å². The normalized spacial score (nSPS) is 15.4. The lowest BCUT2D eigenvalue weighted by Crippen LogP contribution is -2.45. The molecule has 26 heteroatoms. The van der Waals surface area contributed by atoms with E-state index in [2.05, 4.69) is 98.6 Å². The van der Waals surface area contributed by atoms with Crippen LogP contribution in [0.2, 0.25) is 0 Å². The van der Waals surface area contributed by atoms with Crippen molar-refractivity contribution in [2.45, 2.75) is 121 Å². The van der Waals surface area contributed by atoms with Gasteiger partial charge in [0.2, 0.25) is 0 Å². The van der Waals surface area contributed by atoms with Crippen LogP contribution in [0.5, 0.6) is 34.5 Å². The summed E-state index contributed by atoms with van der Waals surface area (Å²) in [6, 6.07) is 84.4. The van der Waals surface area contributed by atoms with Gasteiger partial charge in [0.05, 0.1) is 42.9 Å². The molecule has 25 nitrogen and oxygen atoms in total. The largest absolute Gasteiger partial charge is 0.469 e. The fraction of sp³-hybridized carbons (Fsp3) is 0.225. The first-order valence-electron chi connectivity index (χ1n) is 42.6. The van der Waals surface area contributed by atoms with Gasteiger partial charge in [0.25, 0.3) is 0 Å². The lowest BCUT2D eigenvalue weighted by atomic mass is 9.78. The summed E-state index contributed by atoms with van der Waals surface area (Å²) in [6.07, 6.45) is 22.3. The van der Waals surface area contributed by atoms with Gasteiger partial charge >= 0.3 is 17.9 Å². The molecule has 3 saturated carbocycles. The molecule has 6 aromatic heterocycles. The Morgan fingerprint density at radius 3 is 1.04 bits per heavy atom. The zero-order valence-electron chi connectivity index (χ0n) is 72.2. The van der Waals surface area contributed by atoms with Crippen molar-refractivity contribution < 1.29 is 52.7 Å². The average Bonchev–Trinajstić information content (AvgIpc) is 1.37. The van der Waals surface area contributed by atoms with E-state index in [4.69, 9.17) is 56.5 Å². The molecule has 18 rings (SSSR count). The number of allylic oxidation sites excluding steroid dienone is 1. The third-order valence-electron chi connectivity index (χ3n) is 23.0. The maximum atomic E-state index is 12.5. The van der Waals surface area contributed by atoms with Crippen LogP contribution in [0.15, 0.2) is 304 Å². The number of hydrogen-bond acceptors (Lipinski definition) is 22. The maximum absolute atomic E-state index is 12.5. The number of benzene rings is 9. The highest BCUT2D eigenvalue weighted by Gasteiger charge is 2.36. The molecular weight excluding hydrogens is 1630 g/mol. The van der Waals surface area contributed by atoms with Crippen LogP contribution in [-0.4, -0.2) is 111 Å². The van der Waals surface area contributed by atoms with E-state index in [1.54, 1.807) is 11.9 Å². The molecule has 6 heterocycles. The molecule has 15 aromatic rings. The number of hydrogen-bond donors (Lipinski definition) is 6. The molecule has 3 fully saturated rings. The van der Waals surface area contributed by atoms with Gasteiger partial charge in [0, 0.05) is 90.8 Å². The molecule has 0 saturated heterocycles. The number of rotatable bonds is 21. The van der Waals surface area contributed by atoms with Gasteiger partial charge in [-0.15, -0.1) is 0 Å². The first kappa shape index (κ1) is 91.3. The number of carbonyl (C=O) groups excluding carboxylic acids is 4. The minimum atomic E-state index is -2.24. The number of esters is 3. The molecule has 0 amide bonds. The number of aliphatic hydroxyl groups excluding tert-OH is 1. The van der Waals surface area contributed by atoms with E-state index in [0.29, 0.717) is 49.3 Å². The molecule has 128 heavy (non-hydrogen) atoms. The van der Waals surface area contributed by atoms with Gasteiger partial charge in [-0.05, 0) is 190 Å². The maximum Gasteiger partial charge on any atom is 0.331 e. The summed E-state index contributed by atoms with van der Waals surface area (Å²) in [7, 11) is 2.40. The Hall–Kier alpha value is -14.4. The van der Waals surface area contributed by atoms with E-state index in [1.807, 2.05) is 232 Å². The number of anilines is 3. The zero-order valence-corrected chi connectivity index (χ0v) is 73.1. The predicted molar refractivity (Wildman–Crippen MR) is 508 cm³/mol. The van der Waals surface area contributed by atoms with E-state index < -0.39 is 12.4 Å². The number of para-hydroxylation sites is 3. The van der Waals surface area contributed by atoms with Crippen LogP contribution in [0.25, 0.3) is 66.5 Å². The lowest BCUT2D eigenvalue weighted by Gasteiger charge is -2.37. The Kier molecular flexibility index (Phi) is 31.0. The second-order valence-electron chi connectivity index (χ2n) is 31.1. The second-order valence-corrected chi connectivity index (χ2v) is 34.3. The number of carbonyl (C=O) groups is 4. The van der Waals surface area contributed by atoms with Gasteiger partial charge in [-0.2, -0.15) is 0 Å². The molecule has 3 aliphatic carbocycles. The van der Waals surface area contributed by atoms with Crippen molar-refractivity contribution in [2.75, 3.05) is 44.6 Å². The van der Waals surface area contributed by atoms with Crippen LogP contribution in [0.1, 0.15) is 115 Å². The quantitative estimate of drug-likeness (QED) is 0.0168. The molecule has 0 spiro atoms. The van der Waals surface area contributed by atoms with Gasteiger partial charge in [0.15, 0.2) is 0 Å². The summed E-state index contributed by atoms with van der Waals surface area (Å²) in [5.74, 6) is 7.39. The molecule has 656 valence electrons. The van der Waals surface area contributed by atoms with Gasteiger partial charge in [-0.3, -0.25) is 9.59 Å². The number of aromatic nitrogens is 9. The van der Waals surface area contributed by atoms with E-state index in [0.717, 1.165) is 194 Å². The van der Waals surface area contributed by atoms with Crippen LogP contribution in [0, 0.1) is 0 Å². The highest BCUT2D eigenvalue weighted by atomic mass is 31.2. The first-order chi connectivity index (χ1) is 62.0. The molecule has 0 aliphatic heterocycles. The fourth-order valence-electron chi connectivity index (χ4n) is 16.7. The fourth-order valence-corrected chi connectivity index (χ4v) is 20.4. The summed E-state index contributed by atoms with van der Waals surface area (Å²) in [6.45, 7) is 2.17. The summed E-state index contributed by atoms with van der Waals surface area (Å²) in [4.78, 5) is 74.2. The van der Waals surface area contributed by atoms with Crippen LogP contribution in [0.3, 0.4) is 0 Å². The Bertz CT molecular complexity index is 6170. The third-order valence-corrected chi connectivity index (χ3v) is 26.9. The number of nitrogen functional groups attached to an aromatic ring is 3. The molecule has 9 aromatic carbocycles. The Morgan fingerprint density at radius 1 is 0.422 bits per heavy atom. The van der Waals surface area contributed by atoms with Gasteiger partial charge in [-0.25, -0.2) is 39.5 Å². The van der Waals surface area contributed by atoms with E-state index >= 15 is 0 Å². The molecule has 0 atom stereocenters. The number of fused-ring (bicyclic) bond motifs is 3. The van der Waals surface area contributed by atoms with E-state index in [-0.39, 0.29) is 48.6 Å². The van der Waals surface area contributed by atoms with E-state index in [1.165, 1.54) is 26.1 Å². The standard InChI is InChI=1S/C28H28N4O3.C27H29N5O3.C24H22N4O2.C22H21O2P.CH4O.H3N/c1-2-34-25(33)16-19-8-12-21(13-9-19)32-17-24(26-27(29)30-18-31-28(26)32)20-10-14-23(15-11-20)35-22-6-4-3-5-7-22;1-34-23(33)15-27(29)13-11-19(12-14-27)32-16-22(24-25(28)30-17-31-26(24)32)18-7-9-21(10-8-18)35-20-5-3-2-4-6-20;25-23-22-21(16-6-12-20(13-7-16)30-19-4-2-1-3-5-19)14-28(24(22)27-15-26-23)17-8-10-18(29)11-9-17;1-2-24-22(23)18-25(19-12-6-3-7-13-19,20-14-8-4-9-15-20)21-16-10-5-11-17-21;1-2;/h3-7,10-11,14-18,21H,2,8-9,12-13H2,1H3,(H2,29,30,31);2-10,16-17,19H,11-15,29H2,1H3,(H2,28,30,31);1-7,12-15,17H,8-11H2,(H2,25,26,27);3-18H,2H2,1H3;2H,1H3;1H3. The second kappa shape index (κ2) is 43.5. The van der Waals surface area contributed by atoms with Gasteiger partial charge in [-0.1, -0.05) is 188 Å². The predicted octanol–water partition coefficient (Wildman–Crippen LogP) is 19.2. The van der Waals surface area contributed by atoms with Crippen LogP contribution < -0.4 is 59.2 Å². The highest BCUT2D eigenvalue weighted by Crippen LogP contribution is 2.47. The molecular formula is C102H107N14O11P. The smallest absolute Gasteiger partial charge is 0.331 e. The van der Waals surface area contributed by atoms with Crippen molar-refractivity contribution in [3.8, 4) is 67.9 Å². The molecule has 12 N–H and O–H groups in total. The van der Waals surface area contributed by atoms with Gasteiger partial charge < -0.3 is 76.3 Å². The Morgan fingerprint density at radius 2 is 0.719 bits per heavy atom. The van der Waals surface area contributed by atoms with Crippen LogP contribution in [0.4, 0.5) is 17.5 Å². The average molecular weight is 1740 g/mol. The number of ether oxygens (including phenoxy) is 6. The van der Waals surface area contributed by atoms with Crippen LogP contribution in [-0.2, 0) is 33.4 Å². The number of methoxy groups -OCH3 is 1. The lowest BCUT2D eigenvalue weighted by molar-refractivity contribution is -0.142. The first-order valence-corrected chi connectivity index (χ1v) is 44.5. The summed E-state index contributed by atoms with van der Waals surface area (Å²) < 4.78 is 39.5. The number of nitrogens with two attached hydrogens (primary N) is 4. The summed E-state index contributed by atoms with van der Waals surface area (Å²) in [5.41, 5.74) is 34.5. The van der Waals surface area contributed by atoms with Crippen molar-refractivity contribution in [1.82, 2.24) is 49.8 Å². The zero-order chi connectivity index (χ0) is 88.7. The molecule has 3 aliphatic rings.